The summed E-state index contributed by atoms with van der Waals surface area (Å²) in [6.45, 7) is 6.30. The summed E-state index contributed by atoms with van der Waals surface area (Å²) < 4.78 is 11.3. The second-order valence-electron chi connectivity index (χ2n) is 8.04. The third kappa shape index (κ3) is 6.53. The minimum atomic E-state index is -0.764. The lowest BCUT2D eigenvalue weighted by Crippen LogP contribution is -2.47. The van der Waals surface area contributed by atoms with Gasteiger partial charge in [-0.05, 0) is 50.8 Å². The van der Waals surface area contributed by atoms with Crippen LogP contribution in [0, 0.1) is 0 Å². The van der Waals surface area contributed by atoms with Crippen LogP contribution in [0.3, 0.4) is 0 Å². The fraction of sp³-hybridized carbons (Fsp3) is 0.652. The second-order valence-corrected chi connectivity index (χ2v) is 8.31. The van der Waals surface area contributed by atoms with Gasteiger partial charge in [-0.25, -0.2) is 0 Å². The lowest BCUT2D eigenvalue weighted by atomic mass is 9.94. The van der Waals surface area contributed by atoms with Crippen molar-refractivity contribution in [3.8, 4) is 11.5 Å². The minimum absolute atomic E-state index is 0.00966. The average Bonchev–Trinajstić information content (AvgIpc) is 2.74. The predicted octanol–water partition coefficient (Wildman–Crippen LogP) is 4.45. The van der Waals surface area contributed by atoms with Crippen molar-refractivity contribution in [2.45, 2.75) is 77.5 Å². The fourth-order valence-corrected chi connectivity index (χ4v) is 4.07. The highest BCUT2D eigenvalue weighted by Gasteiger charge is 2.32. The molecule has 1 N–H and O–H groups in total. The van der Waals surface area contributed by atoms with Gasteiger partial charge >= 0.3 is 0 Å². The van der Waals surface area contributed by atoms with E-state index in [2.05, 4.69) is 5.32 Å². The molecule has 7 heteroatoms. The highest BCUT2D eigenvalue weighted by molar-refractivity contribution is 6.27. The van der Waals surface area contributed by atoms with E-state index >= 15 is 0 Å². The molecule has 168 valence electrons. The molecule has 1 aliphatic carbocycles. The van der Waals surface area contributed by atoms with Crippen LogP contribution in [0.1, 0.15) is 70.9 Å². The highest BCUT2D eigenvalue weighted by Crippen LogP contribution is 2.33. The topological polar surface area (TPSA) is 67.9 Å². The first kappa shape index (κ1) is 24.3. The van der Waals surface area contributed by atoms with Gasteiger partial charge in [-0.1, -0.05) is 32.3 Å². The van der Waals surface area contributed by atoms with Crippen LogP contribution in [0.15, 0.2) is 18.2 Å². The summed E-state index contributed by atoms with van der Waals surface area (Å²) in [6.07, 6.45) is 6.09. The summed E-state index contributed by atoms with van der Waals surface area (Å²) in [7, 11) is 1.57. The van der Waals surface area contributed by atoms with Crippen LogP contribution in [0.25, 0.3) is 0 Å². The average molecular weight is 439 g/mol. The van der Waals surface area contributed by atoms with E-state index in [1.807, 2.05) is 26.8 Å². The molecule has 2 rings (SSSR count). The van der Waals surface area contributed by atoms with Gasteiger partial charge < -0.3 is 19.7 Å². The number of hydrogen-bond donors (Lipinski definition) is 1. The molecule has 30 heavy (non-hydrogen) atoms. The molecule has 0 spiro atoms. The van der Waals surface area contributed by atoms with Gasteiger partial charge in [0.25, 0.3) is 0 Å². The van der Waals surface area contributed by atoms with E-state index in [0.29, 0.717) is 23.6 Å². The largest absolute Gasteiger partial charge is 0.493 e. The van der Waals surface area contributed by atoms with E-state index in [0.717, 1.165) is 32.1 Å². The predicted molar refractivity (Wildman–Crippen MR) is 119 cm³/mol. The number of hydrogen-bond acceptors (Lipinski definition) is 4. The molecule has 1 atom stereocenters. The second kappa shape index (κ2) is 12.0. The molecule has 1 fully saturated rings. The van der Waals surface area contributed by atoms with Crippen molar-refractivity contribution in [3.63, 3.8) is 0 Å². The molecule has 1 aliphatic rings. The molecule has 1 aromatic rings. The van der Waals surface area contributed by atoms with E-state index in [4.69, 9.17) is 21.1 Å². The minimum Gasteiger partial charge on any atom is -0.493 e. The first-order valence-electron chi connectivity index (χ1n) is 10.9. The van der Waals surface area contributed by atoms with Crippen molar-refractivity contribution >= 4 is 23.4 Å². The Balaban J connectivity index is 2.40. The molecule has 0 radical (unpaired) electrons. The summed E-state index contributed by atoms with van der Waals surface area (Å²) in [6, 6.07) is 4.79. The lowest BCUT2D eigenvalue weighted by molar-refractivity contribution is -0.139. The summed E-state index contributed by atoms with van der Waals surface area (Å²) in [4.78, 5) is 27.6. The van der Waals surface area contributed by atoms with Crippen molar-refractivity contribution < 1.29 is 19.1 Å². The standard InChI is InChI=1S/C23H35ClN2O4/c1-5-13-26(21(27)15-24)22(23(28)25-18-9-7-6-8-10-18)17-11-12-19(30-16(2)3)20(14-17)29-4/h11-12,14,16,18,22H,5-10,13,15H2,1-4H3,(H,25,28)/t22-/m0/s1. The summed E-state index contributed by atoms with van der Waals surface area (Å²) in [5.74, 6) is 0.538. The van der Waals surface area contributed by atoms with Crippen LogP contribution >= 0.6 is 11.6 Å². The number of rotatable bonds is 10. The first-order valence-corrected chi connectivity index (χ1v) is 11.4. The zero-order valence-electron chi connectivity index (χ0n) is 18.6. The van der Waals surface area contributed by atoms with Crippen LogP contribution < -0.4 is 14.8 Å². The molecule has 0 aromatic heterocycles. The van der Waals surface area contributed by atoms with Crippen LogP contribution in [0.5, 0.6) is 11.5 Å². The third-order valence-electron chi connectivity index (χ3n) is 5.28. The van der Waals surface area contributed by atoms with Gasteiger partial charge in [0.2, 0.25) is 11.8 Å². The molecule has 2 amide bonds. The van der Waals surface area contributed by atoms with Crippen LogP contribution in [-0.2, 0) is 9.59 Å². The Kier molecular flexibility index (Phi) is 9.76. The van der Waals surface area contributed by atoms with Gasteiger partial charge in [0.05, 0.1) is 13.2 Å². The molecule has 0 heterocycles. The molecule has 1 saturated carbocycles. The Labute approximate surface area is 185 Å². The quantitative estimate of drug-likeness (QED) is 0.548. The van der Waals surface area contributed by atoms with Gasteiger partial charge in [0, 0.05) is 12.6 Å². The Morgan fingerprint density at radius 2 is 1.90 bits per heavy atom. The molecular formula is C23H35ClN2O4. The molecule has 0 aliphatic heterocycles. The van der Waals surface area contributed by atoms with Crippen molar-refractivity contribution in [3.05, 3.63) is 23.8 Å². The number of benzene rings is 1. The summed E-state index contributed by atoms with van der Waals surface area (Å²) in [5.41, 5.74) is 0.684. The number of carbonyl (C=O) groups excluding carboxylic acids is 2. The maximum Gasteiger partial charge on any atom is 0.247 e. The number of nitrogens with zero attached hydrogens (tertiary/aromatic N) is 1. The van der Waals surface area contributed by atoms with Gasteiger partial charge in [-0.2, -0.15) is 0 Å². The van der Waals surface area contributed by atoms with Crippen molar-refractivity contribution in [1.29, 1.82) is 0 Å². The molecule has 0 unspecified atom stereocenters. The van der Waals surface area contributed by atoms with Crippen LogP contribution in [-0.4, -0.2) is 48.4 Å². The number of ether oxygens (including phenoxy) is 2. The summed E-state index contributed by atoms with van der Waals surface area (Å²) >= 11 is 5.88. The number of amides is 2. The van der Waals surface area contributed by atoms with Crippen molar-refractivity contribution in [2.24, 2.45) is 0 Å². The summed E-state index contributed by atoms with van der Waals surface area (Å²) in [5, 5.41) is 3.17. The molecule has 0 bridgehead atoms. The highest BCUT2D eigenvalue weighted by atomic mass is 35.5. The maximum atomic E-state index is 13.4. The zero-order valence-corrected chi connectivity index (χ0v) is 19.3. The third-order valence-corrected chi connectivity index (χ3v) is 5.51. The van der Waals surface area contributed by atoms with Crippen LogP contribution in [0.4, 0.5) is 0 Å². The number of nitrogens with one attached hydrogen (secondary N) is 1. The van der Waals surface area contributed by atoms with Gasteiger partial charge in [0.1, 0.15) is 11.9 Å². The Morgan fingerprint density at radius 3 is 2.47 bits per heavy atom. The Morgan fingerprint density at radius 1 is 1.20 bits per heavy atom. The van der Waals surface area contributed by atoms with E-state index in [1.54, 1.807) is 24.1 Å². The van der Waals surface area contributed by atoms with E-state index in [9.17, 15) is 9.59 Å². The number of carbonyl (C=O) groups is 2. The van der Waals surface area contributed by atoms with Crippen LogP contribution in [0.2, 0.25) is 0 Å². The number of alkyl halides is 1. The molecule has 0 saturated heterocycles. The zero-order chi connectivity index (χ0) is 22.1. The molecular weight excluding hydrogens is 404 g/mol. The monoisotopic (exact) mass is 438 g/mol. The Bertz CT molecular complexity index is 704. The lowest BCUT2D eigenvalue weighted by Gasteiger charge is -2.33. The van der Waals surface area contributed by atoms with Crippen molar-refractivity contribution in [1.82, 2.24) is 10.2 Å². The van der Waals surface area contributed by atoms with E-state index in [1.165, 1.54) is 6.42 Å². The molecule has 6 nitrogen and oxygen atoms in total. The number of halogens is 1. The fourth-order valence-electron chi connectivity index (χ4n) is 3.92. The number of methoxy groups -OCH3 is 1. The van der Waals surface area contributed by atoms with Crippen molar-refractivity contribution in [2.75, 3.05) is 19.5 Å². The smallest absolute Gasteiger partial charge is 0.247 e. The SMILES string of the molecule is CCCN(C(=O)CCl)[C@H](C(=O)NC1CCCCC1)c1ccc(OC(C)C)c(OC)c1. The molecule has 1 aromatic carbocycles. The maximum absolute atomic E-state index is 13.4. The van der Waals surface area contributed by atoms with Gasteiger partial charge in [-0.15, -0.1) is 11.6 Å². The van der Waals surface area contributed by atoms with Gasteiger partial charge in [0.15, 0.2) is 11.5 Å². The van der Waals surface area contributed by atoms with E-state index in [-0.39, 0.29) is 29.8 Å². The van der Waals surface area contributed by atoms with E-state index < -0.39 is 6.04 Å². The normalized spacial score (nSPS) is 15.5. The Hall–Kier alpha value is -1.95. The first-order chi connectivity index (χ1) is 14.4. The van der Waals surface area contributed by atoms with Gasteiger partial charge in [-0.3, -0.25) is 9.59 Å².